The van der Waals surface area contributed by atoms with Crippen molar-refractivity contribution >= 4 is 50.5 Å². The van der Waals surface area contributed by atoms with Crippen molar-refractivity contribution in [1.82, 2.24) is 9.13 Å². The Balaban J connectivity index is 1.22. The van der Waals surface area contributed by atoms with E-state index in [4.69, 9.17) is 0 Å². The van der Waals surface area contributed by atoms with Crippen molar-refractivity contribution in [2.24, 2.45) is 0 Å². The monoisotopic (exact) mass is 680 g/mol. The first kappa shape index (κ1) is 28.6. The van der Waals surface area contributed by atoms with E-state index in [0.717, 1.165) is 12.8 Å². The van der Waals surface area contributed by atoms with E-state index in [-0.39, 0.29) is 0 Å². The number of nitrogens with zero attached hydrogens (tertiary/aromatic N) is 2. The number of para-hydroxylation sites is 2. The maximum atomic E-state index is 2.57. The molecule has 3 heterocycles. The van der Waals surface area contributed by atoms with Crippen molar-refractivity contribution in [3.63, 3.8) is 0 Å². The van der Waals surface area contributed by atoms with Gasteiger partial charge in [-0.3, -0.25) is 0 Å². The van der Waals surface area contributed by atoms with Gasteiger partial charge in [-0.05, 0) is 101 Å². The van der Waals surface area contributed by atoms with E-state index in [2.05, 4.69) is 179 Å². The van der Waals surface area contributed by atoms with Gasteiger partial charge >= 0.3 is 0 Å². The maximum Gasteiger partial charge on any atom is 0.0736 e. The summed E-state index contributed by atoms with van der Waals surface area (Å²) in [5.41, 5.74) is 16.6. The number of aromatic nitrogens is 2. The molecule has 3 heteroatoms. The van der Waals surface area contributed by atoms with Crippen LogP contribution in [0, 0.1) is 0 Å². The number of fused-ring (bicyclic) bond motifs is 16. The summed E-state index contributed by atoms with van der Waals surface area (Å²) >= 11 is 1.90. The molecular formula is C49H32N2S. The predicted octanol–water partition coefficient (Wildman–Crippen LogP) is 12.5. The summed E-state index contributed by atoms with van der Waals surface area (Å²) in [6.07, 6.45) is 6.76. The van der Waals surface area contributed by atoms with E-state index in [9.17, 15) is 0 Å². The van der Waals surface area contributed by atoms with Crippen LogP contribution in [0.5, 0.6) is 0 Å². The summed E-state index contributed by atoms with van der Waals surface area (Å²) in [6.45, 7) is 0. The van der Waals surface area contributed by atoms with Crippen LogP contribution in [0.1, 0.15) is 39.9 Å². The number of rotatable bonds is 2. The first-order valence-electron chi connectivity index (χ1n) is 18.3. The summed E-state index contributed by atoms with van der Waals surface area (Å²) < 4.78 is 5.02. The number of hydrogen-bond donors (Lipinski definition) is 0. The quantitative estimate of drug-likeness (QED) is 0.177. The van der Waals surface area contributed by atoms with Crippen LogP contribution in [0.4, 0.5) is 0 Å². The Kier molecular flexibility index (Phi) is 5.79. The van der Waals surface area contributed by atoms with Crippen molar-refractivity contribution in [2.45, 2.75) is 28.0 Å². The maximum absolute atomic E-state index is 2.57. The smallest absolute Gasteiger partial charge is 0.0736 e. The minimum Gasteiger partial charge on any atom is -0.310 e. The second-order valence-electron chi connectivity index (χ2n) is 14.3. The van der Waals surface area contributed by atoms with Gasteiger partial charge in [0, 0.05) is 48.6 Å². The van der Waals surface area contributed by atoms with E-state index >= 15 is 0 Å². The highest BCUT2D eigenvalue weighted by atomic mass is 32.2. The first-order chi connectivity index (χ1) is 25.8. The molecule has 52 heavy (non-hydrogen) atoms. The molecule has 12 rings (SSSR count). The molecular weight excluding hydrogens is 649 g/mol. The molecule has 2 nitrogen and oxygen atoms in total. The topological polar surface area (TPSA) is 9.86 Å². The van der Waals surface area contributed by atoms with Crippen LogP contribution < -0.4 is 0 Å². The Labute approximate surface area is 306 Å². The fourth-order valence-electron chi connectivity index (χ4n) is 9.88. The van der Waals surface area contributed by atoms with Crippen molar-refractivity contribution in [1.29, 1.82) is 0 Å². The van der Waals surface area contributed by atoms with Crippen molar-refractivity contribution in [3.05, 3.63) is 197 Å². The fraction of sp³-hybridized carbons (Fsp3) is 0.0612. The van der Waals surface area contributed by atoms with E-state index in [1.165, 1.54) is 98.5 Å². The Morgan fingerprint density at radius 2 is 1.19 bits per heavy atom. The van der Waals surface area contributed by atoms with Gasteiger partial charge in [0.1, 0.15) is 0 Å². The molecule has 9 aromatic rings. The fourth-order valence-corrected chi connectivity index (χ4v) is 11.1. The molecule has 0 N–H and O–H groups in total. The predicted molar refractivity (Wildman–Crippen MR) is 216 cm³/mol. The van der Waals surface area contributed by atoms with Gasteiger partial charge in [0.05, 0.1) is 22.0 Å². The third-order valence-electron chi connectivity index (χ3n) is 11.8. The van der Waals surface area contributed by atoms with E-state index in [1.54, 1.807) is 0 Å². The average Bonchev–Trinajstić information content (AvgIpc) is 3.83. The van der Waals surface area contributed by atoms with E-state index in [1.807, 2.05) is 11.8 Å². The Hall–Kier alpha value is -6.03. The second kappa shape index (κ2) is 10.5. The Bertz CT molecular complexity index is 2950. The number of allylic oxidation sites excluding steroid dienone is 1. The van der Waals surface area contributed by atoms with Crippen molar-refractivity contribution < 1.29 is 0 Å². The summed E-state index contributed by atoms with van der Waals surface area (Å²) in [5, 5.41) is 3.91. The number of benzene rings is 7. The van der Waals surface area contributed by atoms with Crippen LogP contribution in [-0.4, -0.2) is 9.13 Å². The SMILES string of the molecule is C1=Cc2c(c3cc(-n4c5ccccc5c5ccc6c(c54)-c4ccccc4C64c5ccccc5Sc5ccccc54)ccc3n2-c2ccccc2)CC1. The Morgan fingerprint density at radius 3 is 2.02 bits per heavy atom. The minimum atomic E-state index is -0.415. The standard InChI is InChI=1S/C49H32N2S/c1-2-14-31(15-3-1)50-42-22-10-6-17-34(42)37-30-32(26-29-44(37)50)51-43-23-11-5-16-33(43)35-27-28-41-47(48(35)51)36-18-4-7-19-38(36)49(41)39-20-8-12-24-45(39)52-46-25-13-9-21-40(46)49/h1-5,7-16,18-30H,6,17H2. The van der Waals surface area contributed by atoms with Gasteiger partial charge < -0.3 is 9.13 Å². The Morgan fingerprint density at radius 1 is 0.500 bits per heavy atom. The lowest BCUT2D eigenvalue weighted by Gasteiger charge is -2.39. The summed E-state index contributed by atoms with van der Waals surface area (Å²) in [6, 6.07) is 59.2. The molecule has 0 saturated carbocycles. The van der Waals surface area contributed by atoms with Crippen LogP contribution in [-0.2, 0) is 11.8 Å². The summed E-state index contributed by atoms with van der Waals surface area (Å²) in [4.78, 5) is 2.66. The van der Waals surface area contributed by atoms with Gasteiger partial charge in [-0.2, -0.15) is 0 Å². The van der Waals surface area contributed by atoms with Crippen molar-refractivity contribution in [2.75, 3.05) is 0 Å². The van der Waals surface area contributed by atoms with Crippen LogP contribution in [0.2, 0.25) is 0 Å². The normalized spacial score (nSPS) is 14.8. The highest BCUT2D eigenvalue weighted by Gasteiger charge is 2.51. The number of aryl methyl sites for hydroxylation is 1. The highest BCUT2D eigenvalue weighted by Crippen LogP contribution is 2.63. The van der Waals surface area contributed by atoms with Crippen LogP contribution in [0.3, 0.4) is 0 Å². The third-order valence-corrected chi connectivity index (χ3v) is 13.0. The van der Waals surface area contributed by atoms with Crippen LogP contribution >= 0.6 is 11.8 Å². The lowest BCUT2D eigenvalue weighted by Crippen LogP contribution is -2.31. The van der Waals surface area contributed by atoms with Crippen molar-refractivity contribution in [3.8, 4) is 22.5 Å². The minimum absolute atomic E-state index is 0.415. The summed E-state index contributed by atoms with van der Waals surface area (Å²) in [7, 11) is 0. The average molecular weight is 681 g/mol. The first-order valence-corrected chi connectivity index (χ1v) is 19.1. The molecule has 0 saturated heterocycles. The summed E-state index contributed by atoms with van der Waals surface area (Å²) in [5.74, 6) is 0. The van der Waals surface area contributed by atoms with Gasteiger partial charge in [0.25, 0.3) is 0 Å². The zero-order chi connectivity index (χ0) is 34.0. The zero-order valence-electron chi connectivity index (χ0n) is 28.4. The zero-order valence-corrected chi connectivity index (χ0v) is 29.2. The van der Waals surface area contributed by atoms with Gasteiger partial charge in [-0.25, -0.2) is 0 Å². The van der Waals surface area contributed by atoms with E-state index < -0.39 is 5.41 Å². The lowest BCUT2D eigenvalue weighted by molar-refractivity contribution is 0.723. The van der Waals surface area contributed by atoms with Gasteiger partial charge in [-0.1, -0.05) is 127 Å². The lowest BCUT2D eigenvalue weighted by atomic mass is 9.67. The largest absolute Gasteiger partial charge is 0.310 e. The molecule has 2 aliphatic carbocycles. The molecule has 0 radical (unpaired) electrons. The molecule has 3 aliphatic rings. The third kappa shape index (κ3) is 3.56. The second-order valence-corrected chi connectivity index (χ2v) is 15.4. The molecule has 0 fully saturated rings. The molecule has 1 aliphatic heterocycles. The van der Waals surface area contributed by atoms with E-state index in [0.29, 0.717) is 0 Å². The van der Waals surface area contributed by atoms with Crippen LogP contribution in [0.15, 0.2) is 174 Å². The molecule has 0 amide bonds. The molecule has 0 atom stereocenters. The molecule has 0 bridgehead atoms. The van der Waals surface area contributed by atoms with Gasteiger partial charge in [0.2, 0.25) is 0 Å². The number of hydrogen-bond acceptors (Lipinski definition) is 1. The molecule has 244 valence electrons. The van der Waals surface area contributed by atoms with Gasteiger partial charge in [-0.15, -0.1) is 0 Å². The highest BCUT2D eigenvalue weighted by molar-refractivity contribution is 7.99. The molecule has 2 aromatic heterocycles. The van der Waals surface area contributed by atoms with Gasteiger partial charge in [0.15, 0.2) is 0 Å². The van der Waals surface area contributed by atoms with Crippen LogP contribution in [0.25, 0.3) is 61.3 Å². The molecule has 0 unspecified atom stereocenters. The molecule has 7 aromatic carbocycles. The molecule has 1 spiro atoms.